The van der Waals surface area contributed by atoms with Crippen molar-refractivity contribution < 1.29 is 18.0 Å². The Morgan fingerprint density at radius 2 is 1.81 bits per heavy atom. The number of carbonyl (C=O) groups is 1. The monoisotopic (exact) mass is 385 g/mol. The smallest absolute Gasteiger partial charge is 0.334 e. The van der Waals surface area contributed by atoms with Gasteiger partial charge < -0.3 is 15.5 Å². The highest BCUT2D eigenvalue weighted by molar-refractivity contribution is 6.31. The Balaban J connectivity index is 1.97. The Labute approximate surface area is 154 Å². The van der Waals surface area contributed by atoms with Gasteiger partial charge in [0.25, 0.3) is 0 Å². The molecule has 0 saturated carbocycles. The highest BCUT2D eigenvalue weighted by Crippen LogP contribution is 2.36. The number of hydrogen-bond donors (Lipinski definition) is 2. The first kappa shape index (κ1) is 20.1. The van der Waals surface area contributed by atoms with Gasteiger partial charge in [0.2, 0.25) is 0 Å². The summed E-state index contributed by atoms with van der Waals surface area (Å²) in [5.74, 6) is 0. The summed E-state index contributed by atoms with van der Waals surface area (Å²) in [6.45, 7) is 1.03. The third-order valence-electron chi connectivity index (χ3n) is 3.47. The van der Waals surface area contributed by atoms with Crippen molar-refractivity contribution in [1.29, 1.82) is 0 Å². The molecule has 0 unspecified atom stereocenters. The zero-order valence-electron chi connectivity index (χ0n) is 14.3. The van der Waals surface area contributed by atoms with Crippen molar-refractivity contribution in [1.82, 2.24) is 10.2 Å². The third kappa shape index (κ3) is 5.93. The lowest BCUT2D eigenvalue weighted by Crippen LogP contribution is -2.28. The molecule has 0 aromatic heterocycles. The van der Waals surface area contributed by atoms with Crippen LogP contribution in [-0.2, 0) is 19.3 Å². The molecule has 8 heteroatoms. The van der Waals surface area contributed by atoms with E-state index < -0.39 is 22.8 Å². The van der Waals surface area contributed by atoms with Gasteiger partial charge in [0.1, 0.15) is 0 Å². The molecule has 2 aromatic rings. The van der Waals surface area contributed by atoms with Gasteiger partial charge in [0.05, 0.1) is 10.6 Å². The maximum Gasteiger partial charge on any atom is 0.417 e. The summed E-state index contributed by atoms with van der Waals surface area (Å²) in [4.78, 5) is 14.0. The number of halogens is 4. The second-order valence-corrected chi connectivity index (χ2v) is 6.46. The maximum absolute atomic E-state index is 12.8. The third-order valence-corrected chi connectivity index (χ3v) is 3.80. The molecule has 0 aliphatic heterocycles. The van der Waals surface area contributed by atoms with Gasteiger partial charge >= 0.3 is 12.2 Å². The number of rotatable bonds is 5. The van der Waals surface area contributed by atoms with E-state index in [1.54, 1.807) is 0 Å². The predicted molar refractivity (Wildman–Crippen MR) is 96.1 cm³/mol. The maximum atomic E-state index is 12.8. The van der Waals surface area contributed by atoms with Crippen molar-refractivity contribution in [2.24, 2.45) is 0 Å². The molecule has 0 saturated heterocycles. The normalized spacial score (nSPS) is 11.5. The van der Waals surface area contributed by atoms with Crippen molar-refractivity contribution in [3.05, 3.63) is 64.2 Å². The van der Waals surface area contributed by atoms with Crippen LogP contribution in [0.5, 0.6) is 0 Å². The molecule has 0 spiro atoms. The number of urea groups is 1. The van der Waals surface area contributed by atoms with Crippen LogP contribution in [0.25, 0.3) is 0 Å². The van der Waals surface area contributed by atoms with Crippen molar-refractivity contribution in [2.75, 3.05) is 19.4 Å². The first-order chi connectivity index (χ1) is 12.1. The molecule has 0 atom stereocenters. The molecule has 2 N–H and O–H groups in total. The Morgan fingerprint density at radius 1 is 1.12 bits per heavy atom. The summed E-state index contributed by atoms with van der Waals surface area (Å²) in [6.07, 6.45) is -4.59. The molecule has 0 bridgehead atoms. The lowest BCUT2D eigenvalue weighted by Gasteiger charge is -2.13. The molecule has 2 aromatic carbocycles. The average molecular weight is 386 g/mol. The molecule has 0 heterocycles. The number of nitrogens with one attached hydrogen (secondary N) is 2. The predicted octanol–water partition coefficient (Wildman–Crippen LogP) is 4.74. The van der Waals surface area contributed by atoms with Gasteiger partial charge in [0.15, 0.2) is 0 Å². The van der Waals surface area contributed by atoms with E-state index in [1.807, 2.05) is 43.3 Å². The minimum atomic E-state index is -4.59. The highest BCUT2D eigenvalue weighted by atomic mass is 35.5. The Bertz CT molecular complexity index is 779. The summed E-state index contributed by atoms with van der Waals surface area (Å²) in [7, 11) is 3.92. The number of nitrogens with zero attached hydrogens (tertiary/aromatic N) is 1. The first-order valence-electron chi connectivity index (χ1n) is 7.79. The van der Waals surface area contributed by atoms with Gasteiger partial charge in [-0.25, -0.2) is 4.79 Å². The minimum Gasteiger partial charge on any atom is -0.334 e. The Morgan fingerprint density at radius 3 is 2.46 bits per heavy atom. The highest BCUT2D eigenvalue weighted by Gasteiger charge is 2.33. The number of carbonyl (C=O) groups excluding carboxylic acids is 1. The van der Waals surface area contributed by atoms with Crippen molar-refractivity contribution in [2.45, 2.75) is 19.3 Å². The van der Waals surface area contributed by atoms with E-state index in [0.717, 1.165) is 29.8 Å². The Kier molecular flexibility index (Phi) is 6.50. The fourth-order valence-corrected chi connectivity index (χ4v) is 2.61. The summed E-state index contributed by atoms with van der Waals surface area (Å²) in [5.41, 5.74) is 1.02. The van der Waals surface area contributed by atoms with Crippen LogP contribution in [0.3, 0.4) is 0 Å². The van der Waals surface area contributed by atoms with E-state index in [1.165, 1.54) is 6.07 Å². The number of alkyl halides is 3. The minimum absolute atomic E-state index is 0.0144. The van der Waals surface area contributed by atoms with E-state index >= 15 is 0 Å². The molecule has 4 nitrogen and oxygen atoms in total. The van der Waals surface area contributed by atoms with E-state index in [4.69, 9.17) is 11.6 Å². The summed E-state index contributed by atoms with van der Waals surface area (Å²) < 4.78 is 38.5. The molecule has 0 radical (unpaired) electrons. The average Bonchev–Trinajstić information content (AvgIpc) is 2.53. The van der Waals surface area contributed by atoms with Crippen LogP contribution in [0.2, 0.25) is 5.02 Å². The van der Waals surface area contributed by atoms with Gasteiger partial charge in [-0.15, -0.1) is 0 Å². The van der Waals surface area contributed by atoms with Gasteiger partial charge in [-0.1, -0.05) is 35.9 Å². The number of hydrogen-bond acceptors (Lipinski definition) is 2. The lowest BCUT2D eigenvalue weighted by molar-refractivity contribution is -0.137. The molecule has 2 amide bonds. The number of benzene rings is 2. The molecule has 0 fully saturated rings. The van der Waals surface area contributed by atoms with Crippen molar-refractivity contribution >= 4 is 23.3 Å². The van der Waals surface area contributed by atoms with E-state index in [2.05, 4.69) is 10.6 Å². The van der Waals surface area contributed by atoms with Crippen LogP contribution in [0.1, 0.15) is 16.7 Å². The quantitative estimate of drug-likeness (QED) is 0.780. The molecule has 0 aliphatic rings. The second kappa shape index (κ2) is 8.42. The van der Waals surface area contributed by atoms with Crippen LogP contribution in [0, 0.1) is 0 Å². The molecule has 0 aliphatic carbocycles. The van der Waals surface area contributed by atoms with Crippen molar-refractivity contribution in [3.63, 3.8) is 0 Å². The molecular weight excluding hydrogens is 367 g/mol. The standard InChI is InChI=1S/C18H19ClF3N3O/c1-25(2)11-13-5-3-4-12(8-13)10-23-17(26)24-14-6-7-16(19)15(9-14)18(20,21)22/h3-9H,10-11H2,1-2H3,(H2,23,24,26). The largest absolute Gasteiger partial charge is 0.417 e. The SMILES string of the molecule is CN(C)Cc1cccc(CNC(=O)Nc2ccc(Cl)c(C(F)(F)F)c2)c1. The van der Waals surface area contributed by atoms with Gasteiger partial charge in [-0.05, 0) is 43.4 Å². The molecule has 2 rings (SSSR count). The van der Waals surface area contributed by atoms with E-state index in [9.17, 15) is 18.0 Å². The van der Waals surface area contributed by atoms with E-state index in [0.29, 0.717) is 0 Å². The van der Waals surface area contributed by atoms with Crippen LogP contribution in [0.15, 0.2) is 42.5 Å². The van der Waals surface area contributed by atoms with Gasteiger partial charge in [0, 0.05) is 18.8 Å². The van der Waals surface area contributed by atoms with Gasteiger partial charge in [-0.3, -0.25) is 0 Å². The fraction of sp³-hybridized carbons (Fsp3) is 0.278. The Hall–Kier alpha value is -2.25. The van der Waals surface area contributed by atoms with Crippen LogP contribution >= 0.6 is 11.6 Å². The van der Waals surface area contributed by atoms with Crippen LogP contribution in [-0.4, -0.2) is 25.0 Å². The fourth-order valence-electron chi connectivity index (χ4n) is 2.38. The number of anilines is 1. The lowest BCUT2D eigenvalue weighted by atomic mass is 10.1. The second-order valence-electron chi connectivity index (χ2n) is 6.06. The zero-order valence-corrected chi connectivity index (χ0v) is 15.1. The first-order valence-corrected chi connectivity index (χ1v) is 8.17. The topological polar surface area (TPSA) is 44.4 Å². The van der Waals surface area contributed by atoms with E-state index in [-0.39, 0.29) is 12.2 Å². The molecule has 26 heavy (non-hydrogen) atoms. The van der Waals surface area contributed by atoms with Crippen LogP contribution < -0.4 is 10.6 Å². The molecular formula is C18H19ClF3N3O. The summed E-state index contributed by atoms with van der Waals surface area (Å²) in [6, 6.07) is 10.3. The van der Waals surface area contributed by atoms with Crippen molar-refractivity contribution in [3.8, 4) is 0 Å². The van der Waals surface area contributed by atoms with Gasteiger partial charge in [-0.2, -0.15) is 13.2 Å². The zero-order chi connectivity index (χ0) is 19.3. The summed E-state index contributed by atoms with van der Waals surface area (Å²) >= 11 is 5.56. The summed E-state index contributed by atoms with van der Waals surface area (Å²) in [5, 5.41) is 4.59. The van der Waals surface area contributed by atoms with Crippen LogP contribution in [0.4, 0.5) is 23.7 Å². The number of amides is 2. The molecule has 140 valence electrons.